The predicted molar refractivity (Wildman–Crippen MR) is 228 cm³/mol. The normalized spacial score (nSPS) is 17.1. The van der Waals surface area contributed by atoms with E-state index in [0.717, 1.165) is 40.4 Å². The molecule has 55 heavy (non-hydrogen) atoms. The molecular weight excluding hydrogens is 673 g/mol. The van der Waals surface area contributed by atoms with Crippen LogP contribution in [0.2, 0.25) is 0 Å². The Bertz CT molecular complexity index is 2790. The molecule has 11 rings (SSSR count). The van der Waals surface area contributed by atoms with E-state index in [1.54, 1.807) is 0 Å². The number of benzene rings is 5. The second kappa shape index (κ2) is 13.5. The van der Waals surface area contributed by atoms with Gasteiger partial charge in [0.25, 0.3) is 0 Å². The summed E-state index contributed by atoms with van der Waals surface area (Å²) in [6.45, 7) is 0.805. The molecule has 3 aliphatic rings. The molecule has 5 nitrogen and oxygen atoms in total. The van der Waals surface area contributed by atoms with Gasteiger partial charge in [-0.15, -0.1) is 0 Å². The minimum atomic E-state index is 0.599. The number of hydrogen-bond donors (Lipinski definition) is 1. The van der Waals surface area contributed by atoms with Gasteiger partial charge in [0.05, 0.1) is 28.4 Å². The summed E-state index contributed by atoms with van der Waals surface area (Å²) in [4.78, 5) is 5.31. The lowest BCUT2D eigenvalue weighted by atomic mass is 9.76. The van der Waals surface area contributed by atoms with E-state index in [1.165, 1.54) is 119 Å². The average Bonchev–Trinajstić information content (AvgIpc) is 3.84. The Balaban J connectivity index is 1.08. The van der Waals surface area contributed by atoms with Crippen LogP contribution in [0.1, 0.15) is 87.2 Å². The topological polar surface area (TPSA) is 43.5 Å². The van der Waals surface area contributed by atoms with Crippen LogP contribution < -0.4 is 10.1 Å². The zero-order valence-corrected chi connectivity index (χ0v) is 31.3. The third-order valence-electron chi connectivity index (χ3n) is 12.8. The van der Waals surface area contributed by atoms with E-state index >= 15 is 0 Å². The van der Waals surface area contributed by atoms with E-state index in [0.29, 0.717) is 11.8 Å². The summed E-state index contributed by atoms with van der Waals surface area (Å²) in [5.74, 6) is 3.88. The van der Waals surface area contributed by atoms with E-state index in [4.69, 9.17) is 9.72 Å². The van der Waals surface area contributed by atoms with Crippen LogP contribution >= 0.6 is 0 Å². The van der Waals surface area contributed by atoms with E-state index in [2.05, 4.69) is 142 Å². The fourth-order valence-electron chi connectivity index (χ4n) is 10.3. The van der Waals surface area contributed by atoms with Gasteiger partial charge in [-0.25, -0.2) is 4.98 Å². The average molecular weight is 719 g/mol. The van der Waals surface area contributed by atoms with Crippen molar-refractivity contribution in [2.75, 3.05) is 6.54 Å². The Morgan fingerprint density at radius 3 is 1.93 bits per heavy atom. The molecule has 1 aliphatic heterocycles. The number of nitrogens with one attached hydrogen (secondary N) is 1. The summed E-state index contributed by atoms with van der Waals surface area (Å²) in [6.07, 6.45) is 21.7. The summed E-state index contributed by atoms with van der Waals surface area (Å²) < 4.78 is 11.6. The molecule has 0 bridgehead atoms. The van der Waals surface area contributed by atoms with Crippen molar-refractivity contribution >= 4 is 54.9 Å². The van der Waals surface area contributed by atoms with Gasteiger partial charge in [0.2, 0.25) is 0 Å². The maximum Gasteiger partial charge on any atom is 0.145 e. The second-order valence-electron chi connectivity index (χ2n) is 16.0. The number of dihydropyridines is 1. The molecule has 0 spiro atoms. The molecule has 2 saturated carbocycles. The fraction of sp³-hybridized carbons (Fsp3) is 0.260. The SMILES string of the molecule is C1=CCNC(n2c3ccccc3c3ccc(Oc4ccc5c6ccccc6n6c(-c7c(C8CCCCC8)cccc7C7CCCCC7)cnc6c5c4)cc32)=C1. The van der Waals surface area contributed by atoms with Crippen molar-refractivity contribution in [3.63, 3.8) is 0 Å². The molecule has 3 aromatic heterocycles. The molecule has 0 amide bonds. The number of ether oxygens (including phenoxy) is 1. The predicted octanol–water partition coefficient (Wildman–Crippen LogP) is 13.3. The van der Waals surface area contributed by atoms with Gasteiger partial charge in [-0.3, -0.25) is 8.97 Å². The van der Waals surface area contributed by atoms with Crippen LogP contribution in [0.5, 0.6) is 11.5 Å². The highest BCUT2D eigenvalue weighted by Gasteiger charge is 2.28. The first-order valence-electron chi connectivity index (χ1n) is 20.6. The van der Waals surface area contributed by atoms with Gasteiger partial charge >= 0.3 is 0 Å². The first-order chi connectivity index (χ1) is 27.3. The lowest BCUT2D eigenvalue weighted by Gasteiger charge is -2.29. The molecule has 0 unspecified atom stereocenters. The van der Waals surface area contributed by atoms with Crippen molar-refractivity contribution < 1.29 is 4.74 Å². The number of rotatable bonds is 6. The van der Waals surface area contributed by atoms with Crippen molar-refractivity contribution in [2.45, 2.75) is 76.0 Å². The van der Waals surface area contributed by atoms with Crippen LogP contribution in [0.3, 0.4) is 0 Å². The van der Waals surface area contributed by atoms with Crippen LogP contribution in [0, 0.1) is 0 Å². The number of pyridine rings is 1. The van der Waals surface area contributed by atoms with Gasteiger partial charge in [-0.1, -0.05) is 105 Å². The minimum absolute atomic E-state index is 0.599. The number of nitrogens with zero attached hydrogens (tertiary/aromatic N) is 3. The Labute approximate surface area is 321 Å². The highest BCUT2D eigenvalue weighted by atomic mass is 16.5. The molecule has 0 saturated heterocycles. The molecular formula is C50H46N4O. The molecule has 0 radical (unpaired) electrons. The summed E-state index contributed by atoms with van der Waals surface area (Å²) in [7, 11) is 0. The molecule has 2 fully saturated rings. The number of allylic oxidation sites excluding steroid dienone is 2. The van der Waals surface area contributed by atoms with Gasteiger partial charge in [0.15, 0.2) is 0 Å². The van der Waals surface area contributed by atoms with Crippen molar-refractivity contribution in [1.82, 2.24) is 19.3 Å². The van der Waals surface area contributed by atoms with Crippen molar-refractivity contribution in [1.29, 1.82) is 0 Å². The molecule has 4 heterocycles. The second-order valence-corrected chi connectivity index (χ2v) is 16.0. The Morgan fingerprint density at radius 2 is 1.22 bits per heavy atom. The third kappa shape index (κ3) is 5.46. The fourth-order valence-corrected chi connectivity index (χ4v) is 10.3. The Kier molecular flexibility index (Phi) is 8.00. The number of hydrogen-bond acceptors (Lipinski definition) is 3. The smallest absolute Gasteiger partial charge is 0.145 e. The molecule has 0 atom stereocenters. The van der Waals surface area contributed by atoms with Crippen molar-refractivity contribution in [2.24, 2.45) is 0 Å². The molecule has 8 aromatic rings. The molecule has 5 aromatic carbocycles. The standard InChI is InChI=1S/C50H46N4O/c1-3-14-33(15-4-1)37-20-13-21-38(34-16-5-2-6-17-34)49(37)47-32-52-50-43-30-35(25-27-39(43)40-18-7-10-23-45(40)54(47)50)55-36-26-28-42-41-19-8-9-22-44(41)53(46(42)31-36)48-24-11-12-29-51-48/h7-13,18-28,30-34,51H,1-6,14-17,29H2. The lowest BCUT2D eigenvalue weighted by Crippen LogP contribution is -2.19. The monoisotopic (exact) mass is 718 g/mol. The van der Waals surface area contributed by atoms with E-state index in [1.807, 2.05) is 0 Å². The van der Waals surface area contributed by atoms with Crippen molar-refractivity contribution in [3.8, 4) is 22.8 Å². The van der Waals surface area contributed by atoms with Gasteiger partial charge in [-0.2, -0.15) is 0 Å². The van der Waals surface area contributed by atoms with E-state index < -0.39 is 0 Å². The first-order valence-corrected chi connectivity index (χ1v) is 20.6. The van der Waals surface area contributed by atoms with Crippen molar-refractivity contribution in [3.05, 3.63) is 139 Å². The first kappa shape index (κ1) is 32.6. The summed E-state index contributed by atoms with van der Waals surface area (Å²) in [6, 6.07) is 37.8. The molecule has 2 aliphatic carbocycles. The zero-order chi connectivity index (χ0) is 36.3. The van der Waals surface area contributed by atoms with Crippen LogP contribution in [-0.4, -0.2) is 20.5 Å². The largest absolute Gasteiger partial charge is 0.457 e. The maximum atomic E-state index is 6.78. The van der Waals surface area contributed by atoms with Gasteiger partial charge in [0.1, 0.15) is 23.0 Å². The van der Waals surface area contributed by atoms with Gasteiger partial charge < -0.3 is 10.1 Å². The third-order valence-corrected chi connectivity index (χ3v) is 12.8. The van der Waals surface area contributed by atoms with Gasteiger partial charge in [-0.05, 0) is 103 Å². The highest BCUT2D eigenvalue weighted by molar-refractivity contribution is 6.13. The van der Waals surface area contributed by atoms with Crippen LogP contribution in [0.25, 0.3) is 66.2 Å². The minimum Gasteiger partial charge on any atom is -0.457 e. The number of imidazole rings is 1. The summed E-state index contributed by atoms with van der Waals surface area (Å²) in [5, 5.41) is 9.54. The summed E-state index contributed by atoms with van der Waals surface area (Å²) >= 11 is 0. The maximum absolute atomic E-state index is 6.78. The lowest BCUT2D eigenvalue weighted by molar-refractivity contribution is 0.436. The Morgan fingerprint density at radius 1 is 0.582 bits per heavy atom. The van der Waals surface area contributed by atoms with Gasteiger partial charge in [0, 0.05) is 39.7 Å². The van der Waals surface area contributed by atoms with Crippen LogP contribution in [0.4, 0.5) is 0 Å². The summed E-state index contributed by atoms with van der Waals surface area (Å²) in [5.41, 5.74) is 10.2. The molecule has 5 heteroatoms. The molecule has 1 N–H and O–H groups in total. The van der Waals surface area contributed by atoms with E-state index in [9.17, 15) is 0 Å². The quantitative estimate of drug-likeness (QED) is 0.174. The van der Waals surface area contributed by atoms with Crippen LogP contribution in [-0.2, 0) is 0 Å². The number of fused-ring (bicyclic) bond motifs is 9. The Hall–Kier alpha value is -5.81. The number of para-hydroxylation sites is 2. The van der Waals surface area contributed by atoms with E-state index in [-0.39, 0.29) is 0 Å². The highest BCUT2D eigenvalue weighted by Crippen LogP contribution is 2.46. The van der Waals surface area contributed by atoms with Crippen LogP contribution in [0.15, 0.2) is 128 Å². The number of aromatic nitrogens is 3. The molecule has 272 valence electrons. The zero-order valence-electron chi connectivity index (χ0n) is 31.3.